The molecule has 4 nitrogen and oxygen atoms in total. The van der Waals surface area contributed by atoms with Crippen LogP contribution in [0, 0.1) is 20.8 Å². The van der Waals surface area contributed by atoms with Crippen LogP contribution < -0.4 is 5.32 Å². The van der Waals surface area contributed by atoms with Crippen LogP contribution in [0.25, 0.3) is 10.9 Å². The molecule has 3 N–H and O–H groups in total. The van der Waals surface area contributed by atoms with Crippen molar-refractivity contribution >= 4 is 16.8 Å². The van der Waals surface area contributed by atoms with E-state index in [1.807, 2.05) is 6.92 Å². The van der Waals surface area contributed by atoms with Crippen molar-refractivity contribution in [2.24, 2.45) is 0 Å². The number of aliphatic hydroxyl groups excluding tert-OH is 1. The molecule has 1 fully saturated rings. The van der Waals surface area contributed by atoms with Gasteiger partial charge < -0.3 is 15.4 Å². The van der Waals surface area contributed by atoms with E-state index < -0.39 is 6.10 Å². The van der Waals surface area contributed by atoms with E-state index in [1.54, 1.807) is 0 Å². The average Bonchev–Trinajstić information content (AvgIpc) is 2.84. The van der Waals surface area contributed by atoms with Gasteiger partial charge in [-0.25, -0.2) is 0 Å². The van der Waals surface area contributed by atoms with Gasteiger partial charge in [-0.15, -0.1) is 0 Å². The lowest BCUT2D eigenvalue weighted by molar-refractivity contribution is -0.122. The molecule has 1 heterocycles. The molecule has 3 rings (SSSR count). The average molecular weight is 314 g/mol. The minimum Gasteiger partial charge on any atom is -0.391 e. The molecule has 2 atom stereocenters. The van der Waals surface area contributed by atoms with Crippen molar-refractivity contribution in [3.8, 4) is 0 Å². The molecular weight excluding hydrogens is 288 g/mol. The van der Waals surface area contributed by atoms with Gasteiger partial charge in [-0.1, -0.05) is 25.0 Å². The number of nitrogens with one attached hydrogen (secondary N) is 2. The molecule has 1 aromatic heterocycles. The molecule has 0 unspecified atom stereocenters. The molecule has 1 aromatic carbocycles. The second-order valence-electron chi connectivity index (χ2n) is 6.88. The summed E-state index contributed by atoms with van der Waals surface area (Å²) in [5, 5.41) is 14.2. The molecular formula is C19H26N2O2. The first kappa shape index (κ1) is 16.1. The number of rotatable bonds is 3. The second-order valence-corrected chi connectivity index (χ2v) is 6.88. The minimum absolute atomic E-state index is 0.000793. The zero-order chi connectivity index (χ0) is 16.6. The van der Waals surface area contributed by atoms with E-state index in [1.165, 1.54) is 16.5 Å². The van der Waals surface area contributed by atoms with Gasteiger partial charge in [-0.2, -0.15) is 0 Å². The monoisotopic (exact) mass is 314 g/mol. The minimum atomic E-state index is -0.402. The van der Waals surface area contributed by atoms with Crippen molar-refractivity contribution in [1.82, 2.24) is 10.3 Å². The van der Waals surface area contributed by atoms with Crippen LogP contribution in [0.15, 0.2) is 12.1 Å². The summed E-state index contributed by atoms with van der Waals surface area (Å²) in [5.41, 5.74) is 5.64. The fourth-order valence-corrected chi connectivity index (χ4v) is 3.73. The van der Waals surface area contributed by atoms with Crippen LogP contribution in [0.2, 0.25) is 0 Å². The smallest absolute Gasteiger partial charge is 0.224 e. The summed E-state index contributed by atoms with van der Waals surface area (Å²) in [6.07, 6.45) is 3.74. The van der Waals surface area contributed by atoms with E-state index in [9.17, 15) is 9.90 Å². The summed E-state index contributed by atoms with van der Waals surface area (Å²) in [7, 11) is 0. The Morgan fingerprint density at radius 2 is 1.91 bits per heavy atom. The topological polar surface area (TPSA) is 65.1 Å². The highest BCUT2D eigenvalue weighted by Gasteiger charge is 2.25. The van der Waals surface area contributed by atoms with E-state index in [0.29, 0.717) is 6.42 Å². The summed E-state index contributed by atoms with van der Waals surface area (Å²) >= 11 is 0. The van der Waals surface area contributed by atoms with Crippen LogP contribution in [-0.2, 0) is 11.2 Å². The maximum absolute atomic E-state index is 12.5. The zero-order valence-corrected chi connectivity index (χ0v) is 14.2. The lowest BCUT2D eigenvalue weighted by atomic mass is 9.92. The highest BCUT2D eigenvalue weighted by Crippen LogP contribution is 2.28. The van der Waals surface area contributed by atoms with Gasteiger partial charge in [0.25, 0.3) is 0 Å². The van der Waals surface area contributed by atoms with Crippen LogP contribution in [0.3, 0.4) is 0 Å². The van der Waals surface area contributed by atoms with E-state index in [2.05, 4.69) is 36.3 Å². The highest BCUT2D eigenvalue weighted by molar-refractivity contribution is 5.93. The number of benzene rings is 1. The number of carbonyl (C=O) groups is 1. The number of aliphatic hydroxyl groups is 1. The Morgan fingerprint density at radius 3 is 2.65 bits per heavy atom. The number of aryl methyl sites for hydroxylation is 3. The van der Waals surface area contributed by atoms with Gasteiger partial charge in [0.1, 0.15) is 0 Å². The lowest BCUT2D eigenvalue weighted by Gasteiger charge is -2.28. The highest BCUT2D eigenvalue weighted by atomic mass is 16.3. The Balaban J connectivity index is 1.82. The van der Waals surface area contributed by atoms with Gasteiger partial charge in [0.15, 0.2) is 0 Å². The van der Waals surface area contributed by atoms with E-state index in [4.69, 9.17) is 0 Å². The molecule has 0 spiro atoms. The zero-order valence-electron chi connectivity index (χ0n) is 14.2. The Kier molecular flexibility index (Phi) is 4.44. The fraction of sp³-hybridized carbons (Fsp3) is 0.526. The van der Waals surface area contributed by atoms with Gasteiger partial charge >= 0.3 is 0 Å². The van der Waals surface area contributed by atoms with Crippen molar-refractivity contribution in [1.29, 1.82) is 0 Å². The molecule has 2 aromatic rings. The van der Waals surface area contributed by atoms with Gasteiger partial charge in [-0.3, -0.25) is 4.79 Å². The summed E-state index contributed by atoms with van der Waals surface area (Å²) < 4.78 is 0. The molecule has 124 valence electrons. The van der Waals surface area contributed by atoms with Crippen LogP contribution in [0.5, 0.6) is 0 Å². The number of aromatic nitrogens is 1. The van der Waals surface area contributed by atoms with Crippen molar-refractivity contribution in [3.05, 3.63) is 34.5 Å². The molecule has 0 radical (unpaired) electrons. The molecule has 4 heteroatoms. The van der Waals surface area contributed by atoms with Gasteiger partial charge in [0.05, 0.1) is 18.6 Å². The predicted octanol–water partition coefficient (Wildman–Crippen LogP) is 3.06. The molecule has 0 aliphatic heterocycles. The Bertz CT molecular complexity index is 733. The Hall–Kier alpha value is -1.81. The SMILES string of the molecule is Cc1[nH]c2c(C)ccc(C)c2c1CC(=O)N[C@@H]1CCCC[C@H]1O. The van der Waals surface area contributed by atoms with Crippen molar-refractivity contribution in [3.63, 3.8) is 0 Å². The van der Waals surface area contributed by atoms with E-state index >= 15 is 0 Å². The summed E-state index contributed by atoms with van der Waals surface area (Å²) in [5.74, 6) is 0.000793. The molecule has 0 bridgehead atoms. The Morgan fingerprint density at radius 1 is 1.22 bits per heavy atom. The van der Waals surface area contributed by atoms with Gasteiger partial charge in [-0.05, 0) is 50.3 Å². The second kappa shape index (κ2) is 6.36. The number of aromatic amines is 1. The van der Waals surface area contributed by atoms with Gasteiger partial charge in [0, 0.05) is 16.6 Å². The summed E-state index contributed by atoms with van der Waals surface area (Å²) in [6, 6.07) is 4.12. The molecule has 1 amide bonds. The quantitative estimate of drug-likeness (QED) is 0.815. The normalized spacial score (nSPS) is 21.6. The van der Waals surface area contributed by atoms with Crippen molar-refractivity contribution in [2.45, 2.75) is 65.0 Å². The first-order chi connectivity index (χ1) is 11.0. The van der Waals surface area contributed by atoms with Crippen molar-refractivity contribution in [2.75, 3.05) is 0 Å². The maximum atomic E-state index is 12.5. The predicted molar refractivity (Wildman–Crippen MR) is 92.6 cm³/mol. The number of carbonyl (C=O) groups excluding carboxylic acids is 1. The van der Waals surface area contributed by atoms with E-state index in [0.717, 1.165) is 42.5 Å². The molecule has 1 aliphatic carbocycles. The standard InChI is InChI=1S/C19H26N2O2/c1-11-8-9-12(2)19-18(11)14(13(3)20-19)10-17(23)21-15-6-4-5-7-16(15)22/h8-9,15-16,20,22H,4-7,10H2,1-3H3,(H,21,23)/t15-,16-/m1/s1. The third kappa shape index (κ3) is 3.13. The van der Waals surface area contributed by atoms with Crippen molar-refractivity contribution < 1.29 is 9.90 Å². The number of amides is 1. The fourth-order valence-electron chi connectivity index (χ4n) is 3.73. The number of hydrogen-bond acceptors (Lipinski definition) is 2. The molecule has 1 saturated carbocycles. The van der Waals surface area contributed by atoms with Crippen LogP contribution >= 0.6 is 0 Å². The first-order valence-electron chi connectivity index (χ1n) is 8.52. The number of hydrogen-bond donors (Lipinski definition) is 3. The molecule has 23 heavy (non-hydrogen) atoms. The molecule has 0 saturated heterocycles. The summed E-state index contributed by atoms with van der Waals surface area (Å²) in [6.45, 7) is 6.19. The third-order valence-corrected chi connectivity index (χ3v) is 5.10. The third-order valence-electron chi connectivity index (χ3n) is 5.10. The summed E-state index contributed by atoms with van der Waals surface area (Å²) in [4.78, 5) is 15.9. The molecule has 1 aliphatic rings. The number of fused-ring (bicyclic) bond motifs is 1. The Labute approximate surface area is 137 Å². The largest absolute Gasteiger partial charge is 0.391 e. The first-order valence-corrected chi connectivity index (χ1v) is 8.52. The van der Waals surface area contributed by atoms with Gasteiger partial charge in [0.2, 0.25) is 5.91 Å². The van der Waals surface area contributed by atoms with Crippen LogP contribution in [0.4, 0.5) is 0 Å². The van der Waals surface area contributed by atoms with E-state index in [-0.39, 0.29) is 11.9 Å². The number of H-pyrrole nitrogens is 1. The maximum Gasteiger partial charge on any atom is 0.224 e. The van der Waals surface area contributed by atoms with Crippen LogP contribution in [-0.4, -0.2) is 28.1 Å². The lowest BCUT2D eigenvalue weighted by Crippen LogP contribution is -2.45. The van der Waals surface area contributed by atoms with Crippen LogP contribution in [0.1, 0.15) is 48.1 Å².